The van der Waals surface area contributed by atoms with Crippen molar-refractivity contribution in [2.75, 3.05) is 25.2 Å². The molecule has 16 heteroatoms. The minimum absolute atomic E-state index is 0.0761. The van der Waals surface area contributed by atoms with Gasteiger partial charge in [-0.05, 0) is 19.4 Å². The van der Waals surface area contributed by atoms with Crippen LogP contribution in [0.4, 0.5) is 5.95 Å². The smallest absolute Gasteiger partial charge is 0.327 e. The number of rotatable bonds is 8. The molecule has 0 spiro atoms. The monoisotopic (exact) mass is 580 g/mol. The SMILES string of the molecule is COc1nc(N)nc2c1ncn2[C@@H]1O[C@H](CO[P@@]2(=O)N[C@@H](C(=O)O[C@@H](C)c3ccccc3)CS2)[C@@H](O)[C@@]1(C)O. The molecule has 5 rings (SSSR count). The minimum atomic E-state index is -3.53. The van der Waals surface area contributed by atoms with Gasteiger partial charge in [-0.1, -0.05) is 41.7 Å². The number of methoxy groups -OCH3 is 1. The van der Waals surface area contributed by atoms with Crippen LogP contribution in [0.15, 0.2) is 36.7 Å². The number of hydrogen-bond acceptors (Lipinski definition) is 13. The van der Waals surface area contributed by atoms with Gasteiger partial charge in [0.15, 0.2) is 17.4 Å². The van der Waals surface area contributed by atoms with Crippen molar-refractivity contribution < 1.29 is 38.3 Å². The second-order valence-corrected chi connectivity index (χ2v) is 13.7. The third kappa shape index (κ3) is 5.35. The first-order valence-corrected chi connectivity index (χ1v) is 15.3. The fraction of sp³-hybridized carbons (Fsp3) is 0.478. The largest absolute Gasteiger partial charge is 0.479 e. The van der Waals surface area contributed by atoms with E-state index in [4.69, 9.17) is 24.5 Å². The summed E-state index contributed by atoms with van der Waals surface area (Å²) in [7, 11) is 1.41. The number of fused-ring (bicyclic) bond motifs is 1. The molecule has 2 aliphatic heterocycles. The van der Waals surface area contributed by atoms with Crippen LogP contribution in [0.2, 0.25) is 0 Å². The second kappa shape index (κ2) is 10.7. The van der Waals surface area contributed by atoms with E-state index in [0.29, 0.717) is 0 Å². The minimum Gasteiger partial charge on any atom is -0.479 e. The zero-order valence-corrected chi connectivity index (χ0v) is 23.0. The molecule has 2 aromatic heterocycles. The molecule has 14 nitrogen and oxygen atoms in total. The number of nitrogens with one attached hydrogen (secondary N) is 1. The molecule has 2 saturated heterocycles. The van der Waals surface area contributed by atoms with Gasteiger partial charge in [-0.2, -0.15) is 9.97 Å². The molecular formula is C23H29N6O8PS. The van der Waals surface area contributed by atoms with E-state index in [1.165, 1.54) is 24.9 Å². The lowest BCUT2D eigenvalue weighted by atomic mass is 9.96. The number of aliphatic hydroxyl groups excluding tert-OH is 1. The van der Waals surface area contributed by atoms with Crippen molar-refractivity contribution in [3.05, 3.63) is 42.2 Å². The molecule has 0 saturated carbocycles. The Bertz CT molecular complexity index is 1410. The number of aromatic nitrogens is 4. The predicted octanol–water partition coefficient (Wildman–Crippen LogP) is 1.56. The standard InChI is InChI=1S/C23H29N6O8PS/c1-12(13-7-5-4-6-8-13)36-20(31)14-10-39-38(33,28-14)35-9-15-17(30)23(2,32)21(37-15)29-11-25-16-18(29)26-22(24)27-19(16)34-3/h4-8,11-12,14-15,17,21,30,32H,9-10H2,1-3H3,(H,28,33)(H2,24,26,27)/t12-,14+,15+,17+,21+,23+,38-/m0/s1. The summed E-state index contributed by atoms with van der Waals surface area (Å²) in [4.78, 5) is 25.0. The van der Waals surface area contributed by atoms with E-state index in [2.05, 4.69) is 20.0 Å². The highest BCUT2D eigenvalue weighted by Crippen LogP contribution is 2.61. The van der Waals surface area contributed by atoms with Crippen LogP contribution in [-0.2, 0) is 23.4 Å². The van der Waals surface area contributed by atoms with Crippen LogP contribution < -0.4 is 15.6 Å². The van der Waals surface area contributed by atoms with E-state index in [9.17, 15) is 19.6 Å². The third-order valence-corrected chi connectivity index (χ3v) is 10.6. The van der Waals surface area contributed by atoms with Gasteiger partial charge >= 0.3 is 12.7 Å². The van der Waals surface area contributed by atoms with Crippen LogP contribution in [0.25, 0.3) is 11.2 Å². The summed E-state index contributed by atoms with van der Waals surface area (Å²) in [5.74, 6) is -0.310. The number of carbonyl (C=O) groups excluding carboxylic acids is 1. The summed E-state index contributed by atoms with van der Waals surface area (Å²) in [5, 5.41) is 24.7. The quantitative estimate of drug-likeness (QED) is 0.221. The van der Waals surface area contributed by atoms with E-state index in [1.807, 2.05) is 30.3 Å². The number of benzene rings is 1. The van der Waals surface area contributed by atoms with Crippen molar-refractivity contribution in [1.29, 1.82) is 0 Å². The van der Waals surface area contributed by atoms with Crippen molar-refractivity contribution in [2.45, 2.75) is 50.0 Å². The molecule has 4 heterocycles. The highest BCUT2D eigenvalue weighted by Gasteiger charge is 2.54. The summed E-state index contributed by atoms with van der Waals surface area (Å²) in [5.41, 5.74) is 5.33. The van der Waals surface area contributed by atoms with Gasteiger partial charge in [0.25, 0.3) is 0 Å². The zero-order chi connectivity index (χ0) is 27.9. The first kappa shape index (κ1) is 27.8. The summed E-state index contributed by atoms with van der Waals surface area (Å²) in [6.45, 7) is -0.719. The molecule has 3 aromatic rings. The van der Waals surface area contributed by atoms with Gasteiger partial charge in [0, 0.05) is 5.75 Å². The third-order valence-electron chi connectivity index (χ3n) is 6.59. The Balaban J connectivity index is 1.23. The van der Waals surface area contributed by atoms with Crippen LogP contribution in [-0.4, -0.2) is 79.0 Å². The van der Waals surface area contributed by atoms with Gasteiger partial charge in [-0.25, -0.2) is 10.1 Å². The molecule has 5 N–H and O–H groups in total. The van der Waals surface area contributed by atoms with Gasteiger partial charge < -0.3 is 34.7 Å². The number of aliphatic hydroxyl groups is 2. The molecule has 0 amide bonds. The molecule has 210 valence electrons. The first-order chi connectivity index (χ1) is 18.5. The summed E-state index contributed by atoms with van der Waals surface area (Å²) in [6, 6.07) is 8.43. The number of ether oxygens (including phenoxy) is 3. The lowest BCUT2D eigenvalue weighted by Crippen LogP contribution is -2.44. The first-order valence-electron chi connectivity index (χ1n) is 12.0. The number of nitrogens with two attached hydrogens (primary N) is 1. The van der Waals surface area contributed by atoms with E-state index < -0.39 is 48.9 Å². The van der Waals surface area contributed by atoms with Gasteiger partial charge in [-0.15, -0.1) is 0 Å². The number of esters is 1. The average Bonchev–Trinajstić information content (AvgIpc) is 3.57. The van der Waals surface area contributed by atoms with Gasteiger partial charge in [0.2, 0.25) is 11.8 Å². The van der Waals surface area contributed by atoms with Gasteiger partial charge in [0.05, 0.1) is 20.0 Å². The van der Waals surface area contributed by atoms with Crippen molar-refractivity contribution >= 4 is 41.2 Å². The number of nitrogen functional groups attached to an aromatic ring is 1. The van der Waals surface area contributed by atoms with Gasteiger partial charge in [-0.3, -0.25) is 13.9 Å². The van der Waals surface area contributed by atoms with Crippen LogP contribution in [0, 0.1) is 0 Å². The fourth-order valence-corrected chi connectivity index (χ4v) is 8.33. The summed E-state index contributed by atoms with van der Waals surface area (Å²) in [6.07, 6.45) is -2.75. The molecular weight excluding hydrogens is 551 g/mol. The molecule has 0 unspecified atom stereocenters. The number of hydrogen-bond donors (Lipinski definition) is 4. The maximum absolute atomic E-state index is 13.3. The molecule has 2 fully saturated rings. The Kier molecular flexibility index (Phi) is 7.59. The molecule has 2 aliphatic rings. The van der Waals surface area contributed by atoms with Gasteiger partial charge in [0.1, 0.15) is 30.0 Å². The van der Waals surface area contributed by atoms with Crippen LogP contribution in [0.1, 0.15) is 31.7 Å². The Labute approximate surface area is 227 Å². The molecule has 39 heavy (non-hydrogen) atoms. The number of carbonyl (C=O) groups is 1. The maximum atomic E-state index is 13.3. The molecule has 0 aliphatic carbocycles. The zero-order valence-electron chi connectivity index (χ0n) is 21.3. The average molecular weight is 581 g/mol. The van der Waals surface area contributed by atoms with E-state index >= 15 is 0 Å². The molecule has 0 bridgehead atoms. The van der Waals surface area contributed by atoms with E-state index in [1.54, 1.807) is 6.92 Å². The number of anilines is 1. The lowest BCUT2D eigenvalue weighted by molar-refractivity contribution is -0.150. The Morgan fingerprint density at radius 3 is 2.85 bits per heavy atom. The maximum Gasteiger partial charge on any atom is 0.327 e. The Morgan fingerprint density at radius 2 is 2.13 bits per heavy atom. The summed E-state index contributed by atoms with van der Waals surface area (Å²) < 4.78 is 37.0. The molecule has 0 radical (unpaired) electrons. The summed E-state index contributed by atoms with van der Waals surface area (Å²) >= 11 is 0.956. The normalized spacial score (nSPS) is 31.4. The highest BCUT2D eigenvalue weighted by atomic mass is 32.7. The highest BCUT2D eigenvalue weighted by molar-refractivity contribution is 8.56. The van der Waals surface area contributed by atoms with Crippen molar-refractivity contribution in [2.24, 2.45) is 0 Å². The fourth-order valence-electron chi connectivity index (χ4n) is 4.45. The van der Waals surface area contributed by atoms with Crippen molar-refractivity contribution in [1.82, 2.24) is 24.6 Å². The Morgan fingerprint density at radius 1 is 1.38 bits per heavy atom. The molecule has 7 atom stereocenters. The topological polar surface area (TPSA) is 193 Å². The predicted molar refractivity (Wildman–Crippen MR) is 141 cm³/mol. The molecule has 1 aromatic carbocycles. The van der Waals surface area contributed by atoms with Crippen LogP contribution in [0.5, 0.6) is 5.88 Å². The number of nitrogens with zero attached hydrogens (tertiary/aromatic N) is 4. The second-order valence-electron chi connectivity index (χ2n) is 9.37. The Hall–Kier alpha value is -2.78. The van der Waals surface area contributed by atoms with E-state index in [-0.39, 0.29) is 35.4 Å². The van der Waals surface area contributed by atoms with Crippen LogP contribution >= 0.6 is 18.1 Å². The van der Waals surface area contributed by atoms with E-state index in [0.717, 1.165) is 16.9 Å². The van der Waals surface area contributed by atoms with Crippen molar-refractivity contribution in [3.8, 4) is 5.88 Å². The van der Waals surface area contributed by atoms with Crippen molar-refractivity contribution in [3.63, 3.8) is 0 Å². The number of imidazole rings is 1. The van der Waals surface area contributed by atoms with Crippen LogP contribution in [0.3, 0.4) is 0 Å². The lowest BCUT2D eigenvalue weighted by Gasteiger charge is -2.27.